The van der Waals surface area contributed by atoms with Gasteiger partial charge in [0.15, 0.2) is 0 Å². The molecule has 4 aromatic carbocycles. The SMILES string of the molecule is Nc1ccc(Sc2cccc(-c3ccccc3)c2Sc2ccc(N)cc2)cc1. The quantitative estimate of drug-likeness (QED) is 0.361. The summed E-state index contributed by atoms with van der Waals surface area (Å²) in [6, 6.07) is 33.0. The van der Waals surface area contributed by atoms with E-state index in [0.29, 0.717) is 0 Å². The molecule has 4 N–H and O–H groups in total. The zero-order valence-corrected chi connectivity index (χ0v) is 16.8. The summed E-state index contributed by atoms with van der Waals surface area (Å²) in [5.41, 5.74) is 15.7. The lowest BCUT2D eigenvalue weighted by molar-refractivity contribution is 1.24. The number of anilines is 2. The number of hydrogen-bond donors (Lipinski definition) is 2. The third-order valence-electron chi connectivity index (χ3n) is 4.27. The molecule has 0 amide bonds. The summed E-state index contributed by atoms with van der Waals surface area (Å²) in [6.07, 6.45) is 0. The molecule has 2 nitrogen and oxygen atoms in total. The largest absolute Gasteiger partial charge is 0.399 e. The average Bonchev–Trinajstić information content (AvgIpc) is 2.73. The molecule has 0 unspecified atom stereocenters. The first kappa shape index (κ1) is 18.5. The van der Waals surface area contributed by atoms with Crippen molar-refractivity contribution >= 4 is 34.9 Å². The van der Waals surface area contributed by atoms with Crippen molar-refractivity contribution < 1.29 is 0 Å². The van der Waals surface area contributed by atoms with E-state index in [4.69, 9.17) is 11.5 Å². The van der Waals surface area contributed by atoms with Crippen LogP contribution in [0.5, 0.6) is 0 Å². The zero-order chi connectivity index (χ0) is 19.3. The van der Waals surface area contributed by atoms with E-state index in [1.807, 2.05) is 30.3 Å². The molecule has 138 valence electrons. The first-order valence-electron chi connectivity index (χ1n) is 8.94. The lowest BCUT2D eigenvalue weighted by Crippen LogP contribution is -1.88. The fourth-order valence-electron chi connectivity index (χ4n) is 2.86. The van der Waals surface area contributed by atoms with Crippen molar-refractivity contribution in [1.29, 1.82) is 0 Å². The van der Waals surface area contributed by atoms with Crippen molar-refractivity contribution in [2.24, 2.45) is 0 Å². The van der Waals surface area contributed by atoms with Crippen LogP contribution < -0.4 is 11.5 Å². The van der Waals surface area contributed by atoms with E-state index in [2.05, 4.69) is 66.7 Å². The van der Waals surface area contributed by atoms with Gasteiger partial charge in [-0.15, -0.1) is 0 Å². The Balaban J connectivity index is 1.78. The molecule has 4 rings (SSSR count). The maximum atomic E-state index is 5.86. The smallest absolute Gasteiger partial charge is 0.0340 e. The second kappa shape index (κ2) is 8.46. The minimum atomic E-state index is 0.775. The van der Waals surface area contributed by atoms with Crippen LogP contribution in [0.4, 0.5) is 11.4 Å². The van der Waals surface area contributed by atoms with Crippen LogP contribution in [-0.2, 0) is 0 Å². The molecule has 0 saturated heterocycles. The van der Waals surface area contributed by atoms with Gasteiger partial charge in [-0.1, -0.05) is 66.0 Å². The maximum Gasteiger partial charge on any atom is 0.0340 e. The van der Waals surface area contributed by atoms with Gasteiger partial charge in [-0.05, 0) is 65.7 Å². The molecule has 4 heteroatoms. The number of rotatable bonds is 5. The van der Waals surface area contributed by atoms with Gasteiger partial charge in [0.25, 0.3) is 0 Å². The van der Waals surface area contributed by atoms with Gasteiger partial charge in [0.1, 0.15) is 0 Å². The summed E-state index contributed by atoms with van der Waals surface area (Å²) in [5, 5.41) is 0. The second-order valence-corrected chi connectivity index (χ2v) is 8.54. The van der Waals surface area contributed by atoms with Crippen molar-refractivity contribution in [3.05, 3.63) is 97.1 Å². The number of nitrogens with two attached hydrogens (primary N) is 2. The van der Waals surface area contributed by atoms with E-state index in [1.54, 1.807) is 23.5 Å². The van der Waals surface area contributed by atoms with Crippen LogP contribution >= 0.6 is 23.5 Å². The molecule has 0 heterocycles. The Morgan fingerprint density at radius 2 is 1.07 bits per heavy atom. The van der Waals surface area contributed by atoms with Gasteiger partial charge in [-0.3, -0.25) is 0 Å². The molecular weight excluding hydrogens is 380 g/mol. The van der Waals surface area contributed by atoms with Crippen molar-refractivity contribution in [3.8, 4) is 11.1 Å². The van der Waals surface area contributed by atoms with Gasteiger partial charge >= 0.3 is 0 Å². The first-order valence-corrected chi connectivity index (χ1v) is 10.6. The molecule has 0 radical (unpaired) electrons. The molecule has 0 aliphatic carbocycles. The molecule has 4 aromatic rings. The minimum Gasteiger partial charge on any atom is -0.399 e. The van der Waals surface area contributed by atoms with Crippen LogP contribution in [-0.4, -0.2) is 0 Å². The molecule has 0 aliphatic heterocycles. The van der Waals surface area contributed by atoms with E-state index in [0.717, 1.165) is 16.3 Å². The van der Waals surface area contributed by atoms with Crippen molar-refractivity contribution in [1.82, 2.24) is 0 Å². The topological polar surface area (TPSA) is 52.0 Å². The minimum absolute atomic E-state index is 0.775. The van der Waals surface area contributed by atoms with Crippen molar-refractivity contribution in [2.45, 2.75) is 19.6 Å². The Kier molecular flexibility index (Phi) is 5.60. The van der Waals surface area contributed by atoms with E-state index in [1.165, 1.54) is 25.8 Å². The van der Waals surface area contributed by atoms with Gasteiger partial charge < -0.3 is 11.5 Å². The van der Waals surface area contributed by atoms with E-state index in [9.17, 15) is 0 Å². The van der Waals surface area contributed by atoms with Crippen LogP contribution in [0.3, 0.4) is 0 Å². The maximum absolute atomic E-state index is 5.86. The van der Waals surface area contributed by atoms with Crippen molar-refractivity contribution in [3.63, 3.8) is 0 Å². The molecule has 0 aromatic heterocycles. The van der Waals surface area contributed by atoms with Crippen molar-refractivity contribution in [2.75, 3.05) is 11.5 Å². The fraction of sp³-hybridized carbons (Fsp3) is 0. The van der Waals surface area contributed by atoms with Gasteiger partial charge in [0, 0.05) is 31.0 Å². The summed E-state index contributed by atoms with van der Waals surface area (Å²) >= 11 is 3.52. The van der Waals surface area contributed by atoms with Crippen LogP contribution in [0.2, 0.25) is 0 Å². The standard InChI is InChI=1S/C24H20N2S2/c25-18-9-13-20(14-10-18)27-23-8-4-7-22(17-5-2-1-3-6-17)24(23)28-21-15-11-19(26)12-16-21/h1-16H,25-26H2. The third-order valence-corrected chi connectivity index (χ3v) is 6.62. The monoisotopic (exact) mass is 400 g/mol. The Bertz CT molecular complexity index is 1060. The summed E-state index contributed by atoms with van der Waals surface area (Å²) < 4.78 is 0. The first-order chi connectivity index (χ1) is 13.7. The van der Waals surface area contributed by atoms with Gasteiger partial charge in [-0.2, -0.15) is 0 Å². The normalized spacial score (nSPS) is 10.7. The average molecular weight is 401 g/mol. The number of hydrogen-bond acceptors (Lipinski definition) is 4. The molecule has 0 spiro atoms. The molecule has 0 saturated carbocycles. The molecular formula is C24H20N2S2. The highest BCUT2D eigenvalue weighted by Crippen LogP contribution is 2.44. The number of benzene rings is 4. The van der Waals surface area contributed by atoms with Gasteiger partial charge in [0.05, 0.1) is 0 Å². The summed E-state index contributed by atoms with van der Waals surface area (Å²) in [6.45, 7) is 0. The van der Waals surface area contributed by atoms with Gasteiger partial charge in [-0.25, -0.2) is 0 Å². The Morgan fingerprint density at radius 3 is 1.68 bits per heavy atom. The summed E-state index contributed by atoms with van der Waals surface area (Å²) in [5.74, 6) is 0. The number of nitrogen functional groups attached to an aromatic ring is 2. The lowest BCUT2D eigenvalue weighted by atomic mass is 10.1. The third kappa shape index (κ3) is 4.35. The Morgan fingerprint density at radius 1 is 0.500 bits per heavy atom. The van der Waals surface area contributed by atoms with E-state index < -0.39 is 0 Å². The molecule has 0 bridgehead atoms. The molecule has 0 fully saturated rings. The highest BCUT2D eigenvalue weighted by atomic mass is 32.2. The molecule has 28 heavy (non-hydrogen) atoms. The van der Waals surface area contributed by atoms with Crippen LogP contribution in [0, 0.1) is 0 Å². The van der Waals surface area contributed by atoms with Crippen LogP contribution in [0.15, 0.2) is 117 Å². The lowest BCUT2D eigenvalue weighted by Gasteiger charge is -2.15. The molecule has 0 atom stereocenters. The van der Waals surface area contributed by atoms with Crippen LogP contribution in [0.25, 0.3) is 11.1 Å². The predicted molar refractivity (Wildman–Crippen MR) is 122 cm³/mol. The Hall–Kier alpha value is -2.82. The fourth-order valence-corrected chi connectivity index (χ4v) is 4.96. The second-order valence-electron chi connectivity index (χ2n) is 6.34. The zero-order valence-electron chi connectivity index (χ0n) is 15.2. The summed E-state index contributed by atoms with van der Waals surface area (Å²) in [4.78, 5) is 4.78. The van der Waals surface area contributed by atoms with E-state index in [-0.39, 0.29) is 0 Å². The predicted octanol–water partition coefficient (Wildman–Crippen LogP) is 6.82. The van der Waals surface area contributed by atoms with E-state index >= 15 is 0 Å². The van der Waals surface area contributed by atoms with Crippen LogP contribution in [0.1, 0.15) is 0 Å². The molecule has 0 aliphatic rings. The highest BCUT2D eigenvalue weighted by molar-refractivity contribution is 8.02. The van der Waals surface area contributed by atoms with Gasteiger partial charge in [0.2, 0.25) is 0 Å². The highest BCUT2D eigenvalue weighted by Gasteiger charge is 2.13. The summed E-state index contributed by atoms with van der Waals surface area (Å²) in [7, 11) is 0. The Labute approximate surface area is 174 Å².